The molecule has 4 rings (SSSR count). The van der Waals surface area contributed by atoms with Gasteiger partial charge < -0.3 is 10.2 Å². The third-order valence-corrected chi connectivity index (χ3v) is 4.52. The average Bonchev–Trinajstić information content (AvgIpc) is 3.34. The summed E-state index contributed by atoms with van der Waals surface area (Å²) in [6.07, 6.45) is 7.69. The van der Waals surface area contributed by atoms with Crippen LogP contribution in [0.2, 0.25) is 0 Å². The Bertz CT molecular complexity index is 942. The molecule has 1 aliphatic heterocycles. The lowest BCUT2D eigenvalue weighted by atomic mass is 10.00. The van der Waals surface area contributed by atoms with Crippen LogP contribution in [0.1, 0.15) is 17.9 Å². The molecule has 1 atom stereocenters. The molecular formula is C17H19N7O. The first-order valence-corrected chi connectivity index (χ1v) is 8.15. The van der Waals surface area contributed by atoms with E-state index in [0.29, 0.717) is 6.54 Å². The summed E-state index contributed by atoms with van der Waals surface area (Å²) >= 11 is 0. The highest BCUT2D eigenvalue weighted by molar-refractivity contribution is 5.87. The molecule has 0 aliphatic carbocycles. The fourth-order valence-electron chi connectivity index (χ4n) is 3.24. The monoisotopic (exact) mass is 337 g/mol. The fourth-order valence-corrected chi connectivity index (χ4v) is 3.24. The number of amides is 1. The zero-order valence-corrected chi connectivity index (χ0v) is 14.0. The Morgan fingerprint density at radius 1 is 1.48 bits per heavy atom. The molecule has 3 aromatic rings. The van der Waals surface area contributed by atoms with E-state index in [-0.39, 0.29) is 11.8 Å². The highest BCUT2D eigenvalue weighted by Crippen LogP contribution is 2.31. The van der Waals surface area contributed by atoms with Crippen molar-refractivity contribution < 1.29 is 4.79 Å². The molecule has 3 aromatic heterocycles. The van der Waals surface area contributed by atoms with Gasteiger partial charge >= 0.3 is 0 Å². The second-order valence-corrected chi connectivity index (χ2v) is 6.19. The van der Waals surface area contributed by atoms with Crippen molar-refractivity contribution >= 4 is 23.1 Å². The lowest BCUT2D eigenvalue weighted by molar-refractivity contribution is -0.125. The van der Waals surface area contributed by atoms with Crippen LogP contribution in [0.25, 0.3) is 5.65 Å². The first-order chi connectivity index (χ1) is 12.1. The third kappa shape index (κ3) is 2.86. The number of aromatic nitrogens is 5. The van der Waals surface area contributed by atoms with Gasteiger partial charge in [-0.25, -0.2) is 9.50 Å². The summed E-state index contributed by atoms with van der Waals surface area (Å²) in [5.41, 5.74) is 2.71. The summed E-state index contributed by atoms with van der Waals surface area (Å²) < 4.78 is 3.50. The van der Waals surface area contributed by atoms with Crippen molar-refractivity contribution in [3.8, 4) is 0 Å². The topological polar surface area (TPSA) is 80.3 Å². The number of hydrogen-bond acceptors (Lipinski definition) is 5. The highest BCUT2D eigenvalue weighted by atomic mass is 16.2. The molecule has 1 amide bonds. The number of fused-ring (bicyclic) bond motifs is 1. The summed E-state index contributed by atoms with van der Waals surface area (Å²) in [6.45, 7) is 5.00. The van der Waals surface area contributed by atoms with Gasteiger partial charge in [-0.2, -0.15) is 10.2 Å². The molecule has 1 saturated heterocycles. The Morgan fingerprint density at radius 2 is 2.36 bits per heavy atom. The van der Waals surface area contributed by atoms with Crippen molar-refractivity contribution in [3.05, 3.63) is 49.1 Å². The molecule has 1 fully saturated rings. The van der Waals surface area contributed by atoms with Crippen molar-refractivity contribution in [1.82, 2.24) is 29.3 Å². The summed E-state index contributed by atoms with van der Waals surface area (Å²) in [5, 5.41) is 11.9. The van der Waals surface area contributed by atoms with Gasteiger partial charge in [0.2, 0.25) is 5.91 Å². The van der Waals surface area contributed by atoms with Crippen molar-refractivity contribution in [1.29, 1.82) is 0 Å². The zero-order valence-electron chi connectivity index (χ0n) is 14.0. The van der Waals surface area contributed by atoms with Crippen molar-refractivity contribution in [3.63, 3.8) is 0 Å². The molecule has 0 aromatic carbocycles. The maximum atomic E-state index is 11.8. The largest absolute Gasteiger partial charge is 0.339 e. The minimum atomic E-state index is -0.0174. The number of likely N-dealkylation sites (tertiary alicyclic amines) is 1. The number of nitrogens with zero attached hydrogens (tertiary/aromatic N) is 6. The van der Waals surface area contributed by atoms with E-state index >= 15 is 0 Å². The van der Waals surface area contributed by atoms with Gasteiger partial charge in [0.05, 0.1) is 5.69 Å². The van der Waals surface area contributed by atoms with Crippen LogP contribution in [-0.4, -0.2) is 48.3 Å². The SMILES string of the molecule is C=CC(=O)N1CC[C@@H](c2cc(Nc3ccn(C)n3)c3ncnn3c2)C1. The van der Waals surface area contributed by atoms with E-state index in [1.807, 2.05) is 30.4 Å². The van der Waals surface area contributed by atoms with Gasteiger partial charge in [-0.1, -0.05) is 6.58 Å². The van der Waals surface area contributed by atoms with E-state index in [2.05, 4.69) is 33.1 Å². The maximum Gasteiger partial charge on any atom is 0.245 e. The van der Waals surface area contributed by atoms with Crippen LogP contribution in [0.5, 0.6) is 0 Å². The fraction of sp³-hybridized carbons (Fsp3) is 0.294. The molecule has 4 heterocycles. The highest BCUT2D eigenvalue weighted by Gasteiger charge is 2.27. The lowest BCUT2D eigenvalue weighted by Crippen LogP contribution is -2.26. The number of carbonyl (C=O) groups is 1. The van der Waals surface area contributed by atoms with Crippen LogP contribution in [-0.2, 0) is 11.8 Å². The molecule has 0 radical (unpaired) electrons. The Hall–Kier alpha value is -3.16. The number of hydrogen-bond donors (Lipinski definition) is 1. The normalized spacial score (nSPS) is 17.2. The van der Waals surface area contributed by atoms with Crippen LogP contribution in [0, 0.1) is 0 Å². The van der Waals surface area contributed by atoms with Crippen LogP contribution in [0.4, 0.5) is 11.5 Å². The minimum Gasteiger partial charge on any atom is -0.339 e. The van der Waals surface area contributed by atoms with Gasteiger partial charge in [0, 0.05) is 44.5 Å². The molecule has 128 valence electrons. The second-order valence-electron chi connectivity index (χ2n) is 6.19. The molecule has 0 spiro atoms. The van der Waals surface area contributed by atoms with E-state index in [4.69, 9.17) is 0 Å². The quantitative estimate of drug-likeness (QED) is 0.733. The van der Waals surface area contributed by atoms with E-state index in [9.17, 15) is 4.79 Å². The number of carbonyl (C=O) groups excluding carboxylic acids is 1. The standard InChI is InChI=1S/C17H19N7O/c1-3-16(25)23-7-4-12(9-23)13-8-14(17-18-11-19-24(17)10-13)20-15-5-6-22(2)21-15/h3,5-6,8,10-12H,1,4,7,9H2,2H3,(H,20,21)/t12-/m1/s1. The lowest BCUT2D eigenvalue weighted by Gasteiger charge is -2.15. The number of nitrogens with one attached hydrogen (secondary N) is 1. The molecule has 0 unspecified atom stereocenters. The summed E-state index contributed by atoms with van der Waals surface area (Å²) in [5.74, 6) is 0.998. The summed E-state index contributed by atoms with van der Waals surface area (Å²) in [6, 6.07) is 3.98. The molecular weight excluding hydrogens is 318 g/mol. The average molecular weight is 337 g/mol. The molecule has 8 nitrogen and oxygen atoms in total. The maximum absolute atomic E-state index is 11.8. The van der Waals surface area contributed by atoms with Crippen molar-refractivity contribution in [2.45, 2.75) is 12.3 Å². The molecule has 25 heavy (non-hydrogen) atoms. The third-order valence-electron chi connectivity index (χ3n) is 4.52. The van der Waals surface area contributed by atoms with Gasteiger partial charge in [0.25, 0.3) is 0 Å². The van der Waals surface area contributed by atoms with Gasteiger partial charge in [-0.15, -0.1) is 0 Å². The Morgan fingerprint density at radius 3 is 3.12 bits per heavy atom. The predicted molar refractivity (Wildman–Crippen MR) is 93.6 cm³/mol. The van der Waals surface area contributed by atoms with Gasteiger partial charge in [-0.05, 0) is 24.1 Å². The molecule has 8 heteroatoms. The van der Waals surface area contributed by atoms with E-state index in [1.54, 1.807) is 9.20 Å². The number of anilines is 2. The molecule has 0 bridgehead atoms. The van der Waals surface area contributed by atoms with Crippen molar-refractivity contribution in [2.24, 2.45) is 7.05 Å². The van der Waals surface area contributed by atoms with E-state index in [0.717, 1.165) is 35.7 Å². The molecule has 1 N–H and O–H groups in total. The zero-order chi connectivity index (χ0) is 17.4. The Balaban J connectivity index is 1.66. The number of aryl methyl sites for hydroxylation is 1. The van der Waals surface area contributed by atoms with Crippen LogP contribution >= 0.6 is 0 Å². The van der Waals surface area contributed by atoms with Gasteiger partial charge in [-0.3, -0.25) is 9.48 Å². The number of pyridine rings is 1. The Labute approximate surface area is 144 Å². The Kier molecular flexibility index (Phi) is 3.72. The summed E-state index contributed by atoms with van der Waals surface area (Å²) in [7, 11) is 1.87. The van der Waals surface area contributed by atoms with Crippen LogP contribution < -0.4 is 5.32 Å². The van der Waals surface area contributed by atoms with Gasteiger partial charge in [0.1, 0.15) is 6.33 Å². The second kappa shape index (κ2) is 6.04. The van der Waals surface area contributed by atoms with Crippen molar-refractivity contribution in [2.75, 3.05) is 18.4 Å². The van der Waals surface area contributed by atoms with Crippen LogP contribution in [0.3, 0.4) is 0 Å². The van der Waals surface area contributed by atoms with Gasteiger partial charge in [0.15, 0.2) is 11.5 Å². The predicted octanol–water partition coefficient (Wildman–Crippen LogP) is 1.71. The smallest absolute Gasteiger partial charge is 0.245 e. The van der Waals surface area contributed by atoms with Crippen LogP contribution in [0.15, 0.2) is 43.5 Å². The molecule has 0 saturated carbocycles. The first-order valence-electron chi connectivity index (χ1n) is 8.15. The minimum absolute atomic E-state index is 0.0174. The summed E-state index contributed by atoms with van der Waals surface area (Å²) in [4.78, 5) is 18.0. The van der Waals surface area contributed by atoms with E-state index < -0.39 is 0 Å². The first kappa shape index (κ1) is 15.4. The van der Waals surface area contributed by atoms with E-state index in [1.165, 1.54) is 12.4 Å². The number of rotatable bonds is 4. The molecule has 1 aliphatic rings.